The molecule has 0 amide bonds. The van der Waals surface area contributed by atoms with Gasteiger partial charge in [0.2, 0.25) is 5.70 Å². The molecule has 0 saturated heterocycles. The lowest BCUT2D eigenvalue weighted by Gasteiger charge is -2.15. The quantitative estimate of drug-likeness (QED) is 0.438. The number of ether oxygens (including phenoxy) is 1. The molecular weight excluding hydrogens is 318 g/mol. The van der Waals surface area contributed by atoms with E-state index in [1.54, 1.807) is 6.20 Å². The van der Waals surface area contributed by atoms with Crippen molar-refractivity contribution in [2.24, 2.45) is 0 Å². The second-order valence-corrected chi connectivity index (χ2v) is 12.8. The maximum absolute atomic E-state index is 7.41. The molecule has 2 aromatic heterocycles. The molecular formula is C17H25N5OSi. The van der Waals surface area contributed by atoms with Gasteiger partial charge in [0, 0.05) is 46.6 Å². The summed E-state index contributed by atoms with van der Waals surface area (Å²) in [7, 11) is 2.70. The fraction of sp³-hybridized carbons (Fsp3) is 0.471. The molecule has 0 atom stereocenters. The van der Waals surface area contributed by atoms with Crippen LogP contribution >= 0.6 is 0 Å². The summed E-state index contributed by atoms with van der Waals surface area (Å²) in [5.41, 5.74) is 1.95. The normalized spacial score (nSPS) is 12.4. The van der Waals surface area contributed by atoms with Crippen molar-refractivity contribution < 1.29 is 4.74 Å². The summed E-state index contributed by atoms with van der Waals surface area (Å²) in [5.74, 6) is 0. The minimum atomic E-state index is -1.08. The SMILES string of the molecule is [C-]#[N+]C(=CN(C)C)c1ncnc2c1ccn2COCC[Si](C)(C)C. The van der Waals surface area contributed by atoms with Crippen LogP contribution in [0.4, 0.5) is 0 Å². The Hall–Kier alpha value is -2.17. The molecule has 2 aromatic rings. The lowest BCUT2D eigenvalue weighted by atomic mass is 10.2. The number of fused-ring (bicyclic) bond motifs is 1. The van der Waals surface area contributed by atoms with Crippen LogP contribution in [0.25, 0.3) is 21.6 Å². The van der Waals surface area contributed by atoms with Crippen LogP contribution in [0.5, 0.6) is 0 Å². The Morgan fingerprint density at radius 3 is 2.75 bits per heavy atom. The Balaban J connectivity index is 2.22. The second kappa shape index (κ2) is 7.60. The fourth-order valence-corrected chi connectivity index (χ4v) is 3.00. The van der Waals surface area contributed by atoms with Crippen LogP contribution < -0.4 is 0 Å². The first kappa shape index (κ1) is 18.2. The average molecular weight is 344 g/mol. The fourth-order valence-electron chi connectivity index (χ4n) is 2.24. The molecule has 0 fully saturated rings. The van der Waals surface area contributed by atoms with Crippen molar-refractivity contribution in [2.45, 2.75) is 32.4 Å². The van der Waals surface area contributed by atoms with Gasteiger partial charge in [-0.15, -0.1) is 0 Å². The minimum Gasteiger partial charge on any atom is -0.393 e. The monoisotopic (exact) mass is 343 g/mol. The van der Waals surface area contributed by atoms with Crippen LogP contribution in [0, 0.1) is 6.57 Å². The highest BCUT2D eigenvalue weighted by atomic mass is 28.3. The predicted octanol–water partition coefficient (Wildman–Crippen LogP) is 3.52. The van der Waals surface area contributed by atoms with Gasteiger partial charge in [-0.05, 0) is 12.1 Å². The molecule has 0 aliphatic rings. The molecule has 7 heteroatoms. The lowest BCUT2D eigenvalue weighted by molar-refractivity contribution is 0.0899. The summed E-state index contributed by atoms with van der Waals surface area (Å²) < 4.78 is 7.77. The lowest BCUT2D eigenvalue weighted by Crippen LogP contribution is -2.22. The zero-order valence-corrected chi connectivity index (χ0v) is 16.1. The third-order valence-corrected chi connectivity index (χ3v) is 5.23. The molecule has 6 nitrogen and oxygen atoms in total. The largest absolute Gasteiger partial charge is 0.393 e. The molecule has 0 saturated carbocycles. The first-order valence-electron chi connectivity index (χ1n) is 7.95. The Labute approximate surface area is 144 Å². The third-order valence-electron chi connectivity index (χ3n) is 3.53. The van der Waals surface area contributed by atoms with Gasteiger partial charge < -0.3 is 14.2 Å². The summed E-state index contributed by atoms with van der Waals surface area (Å²) in [6.07, 6.45) is 5.22. The average Bonchev–Trinajstić information content (AvgIpc) is 2.91. The number of aromatic nitrogens is 3. The first-order valence-corrected chi connectivity index (χ1v) is 11.7. The van der Waals surface area contributed by atoms with Crippen molar-refractivity contribution in [3.05, 3.63) is 41.9 Å². The van der Waals surface area contributed by atoms with E-state index in [1.165, 1.54) is 6.33 Å². The van der Waals surface area contributed by atoms with E-state index in [4.69, 9.17) is 11.3 Å². The van der Waals surface area contributed by atoms with Crippen LogP contribution in [0.3, 0.4) is 0 Å². The van der Waals surface area contributed by atoms with E-state index in [-0.39, 0.29) is 0 Å². The Kier molecular flexibility index (Phi) is 5.75. The molecule has 0 aromatic carbocycles. The molecule has 0 bridgehead atoms. The third kappa shape index (κ3) is 4.66. The zero-order valence-electron chi connectivity index (χ0n) is 15.1. The number of nitrogens with zero attached hydrogens (tertiary/aromatic N) is 5. The molecule has 2 heterocycles. The molecule has 0 aliphatic carbocycles. The van der Waals surface area contributed by atoms with Gasteiger partial charge in [0.15, 0.2) is 0 Å². The molecule has 0 radical (unpaired) electrons. The van der Waals surface area contributed by atoms with Crippen LogP contribution in [-0.4, -0.2) is 48.2 Å². The molecule has 0 N–H and O–H groups in total. The van der Waals surface area contributed by atoms with Crippen molar-refractivity contribution in [2.75, 3.05) is 20.7 Å². The van der Waals surface area contributed by atoms with Gasteiger partial charge >= 0.3 is 0 Å². The second-order valence-electron chi connectivity index (χ2n) is 7.18. The summed E-state index contributed by atoms with van der Waals surface area (Å²) in [5, 5.41) is 0.871. The van der Waals surface area contributed by atoms with Gasteiger partial charge in [-0.2, -0.15) is 0 Å². The standard InChI is InChI=1S/C17H25N5OSi/c1-18-15(11-21(2)3)16-14-7-8-22(17(14)20-12-19-16)13-23-9-10-24(4,5)6/h7-8,11-12H,9-10,13H2,2-6H3. The Morgan fingerprint density at radius 1 is 1.38 bits per heavy atom. The maximum atomic E-state index is 7.41. The first-order chi connectivity index (χ1) is 11.3. The number of rotatable bonds is 7. The summed E-state index contributed by atoms with van der Waals surface area (Å²) >= 11 is 0. The van der Waals surface area contributed by atoms with E-state index in [0.29, 0.717) is 18.1 Å². The maximum Gasteiger partial charge on any atom is 0.228 e. The topological polar surface area (TPSA) is 47.5 Å². The van der Waals surface area contributed by atoms with Crippen molar-refractivity contribution in [3.8, 4) is 0 Å². The highest BCUT2D eigenvalue weighted by molar-refractivity contribution is 6.76. The van der Waals surface area contributed by atoms with Crippen molar-refractivity contribution in [1.82, 2.24) is 19.4 Å². The van der Waals surface area contributed by atoms with Gasteiger partial charge in [-0.25, -0.2) is 14.8 Å². The molecule has 0 spiro atoms. The van der Waals surface area contributed by atoms with E-state index in [0.717, 1.165) is 23.7 Å². The molecule has 0 aliphatic heterocycles. The van der Waals surface area contributed by atoms with Crippen molar-refractivity contribution in [3.63, 3.8) is 0 Å². The molecule has 2 rings (SSSR count). The van der Waals surface area contributed by atoms with E-state index < -0.39 is 8.07 Å². The van der Waals surface area contributed by atoms with Gasteiger partial charge in [-0.1, -0.05) is 19.6 Å². The van der Waals surface area contributed by atoms with E-state index in [2.05, 4.69) is 34.5 Å². The van der Waals surface area contributed by atoms with Crippen molar-refractivity contribution in [1.29, 1.82) is 0 Å². The Bertz CT molecular complexity index is 767. The number of hydrogen-bond donors (Lipinski definition) is 0. The summed E-state index contributed by atoms with van der Waals surface area (Å²) in [4.78, 5) is 14.1. The highest BCUT2D eigenvalue weighted by Crippen LogP contribution is 2.24. The van der Waals surface area contributed by atoms with E-state index in [9.17, 15) is 0 Å². The van der Waals surface area contributed by atoms with Crippen LogP contribution in [0.2, 0.25) is 25.7 Å². The molecule has 24 heavy (non-hydrogen) atoms. The van der Waals surface area contributed by atoms with Crippen molar-refractivity contribution >= 4 is 24.8 Å². The van der Waals surface area contributed by atoms with Gasteiger partial charge in [0.05, 0.1) is 12.3 Å². The number of hydrogen-bond acceptors (Lipinski definition) is 4. The van der Waals surface area contributed by atoms with E-state index >= 15 is 0 Å². The Morgan fingerprint density at radius 2 is 2.12 bits per heavy atom. The predicted molar refractivity (Wildman–Crippen MR) is 99.9 cm³/mol. The highest BCUT2D eigenvalue weighted by Gasteiger charge is 2.14. The smallest absolute Gasteiger partial charge is 0.228 e. The molecule has 0 unspecified atom stereocenters. The van der Waals surface area contributed by atoms with E-state index in [1.807, 2.05) is 35.8 Å². The van der Waals surface area contributed by atoms with Gasteiger partial charge in [-0.3, -0.25) is 0 Å². The van der Waals surface area contributed by atoms with Crippen LogP contribution in [0.1, 0.15) is 5.69 Å². The molecule has 128 valence electrons. The minimum absolute atomic E-state index is 0.467. The summed E-state index contributed by atoms with van der Waals surface area (Å²) in [6.45, 7) is 15.7. The van der Waals surface area contributed by atoms with Crippen LogP contribution in [-0.2, 0) is 11.5 Å². The zero-order chi connectivity index (χ0) is 17.7. The van der Waals surface area contributed by atoms with Crippen LogP contribution in [0.15, 0.2) is 24.8 Å². The van der Waals surface area contributed by atoms with Gasteiger partial charge in [0.25, 0.3) is 0 Å². The van der Waals surface area contributed by atoms with Gasteiger partial charge in [0.1, 0.15) is 18.7 Å². The summed E-state index contributed by atoms with van der Waals surface area (Å²) in [6, 6.07) is 3.08.